The first-order chi connectivity index (χ1) is 20.9. The highest BCUT2D eigenvalue weighted by molar-refractivity contribution is 5.85. The predicted molar refractivity (Wildman–Crippen MR) is 141 cm³/mol. The van der Waals surface area contributed by atoms with Crippen molar-refractivity contribution in [1.82, 2.24) is 14.8 Å². The summed E-state index contributed by atoms with van der Waals surface area (Å²) in [4.78, 5) is 16.9. The molecule has 2 heterocycles. The molecule has 1 aliphatic heterocycles. The normalized spacial score (nSPS) is 22.4. The molecule has 4 rings (SSSR count). The average molecular weight is 633 g/mol. The summed E-state index contributed by atoms with van der Waals surface area (Å²) in [7, 11) is 5.90. The zero-order valence-electron chi connectivity index (χ0n) is 23.8. The summed E-state index contributed by atoms with van der Waals surface area (Å²) >= 11 is 0. The third-order valence-electron chi connectivity index (χ3n) is 6.52. The molecule has 1 aromatic heterocycles. The number of aromatic nitrogens is 3. The van der Waals surface area contributed by atoms with Crippen molar-refractivity contribution < 1.29 is 59.9 Å². The lowest BCUT2D eigenvalue weighted by molar-refractivity contribution is -0.360. The molecule has 1 amide bonds. The molecule has 240 valence electrons. The van der Waals surface area contributed by atoms with Crippen molar-refractivity contribution in [2.24, 2.45) is 0 Å². The smallest absolute Gasteiger partial charge is 0.426 e. The Morgan fingerprint density at radius 1 is 0.909 bits per heavy atom. The molecule has 1 N–H and O–H groups in total. The van der Waals surface area contributed by atoms with Gasteiger partial charge in [0.1, 0.15) is 36.5 Å². The second-order valence-corrected chi connectivity index (χ2v) is 9.33. The molecule has 0 spiro atoms. The van der Waals surface area contributed by atoms with Crippen LogP contribution < -0.4 is 10.1 Å². The van der Waals surface area contributed by atoms with Gasteiger partial charge in [-0.25, -0.2) is 14.5 Å². The summed E-state index contributed by atoms with van der Waals surface area (Å²) in [5.41, 5.74) is 1.26. The summed E-state index contributed by atoms with van der Waals surface area (Å²) in [6.07, 6.45) is -14.4. The number of ether oxygens (including phenoxy) is 7. The second kappa shape index (κ2) is 13.8. The van der Waals surface area contributed by atoms with Crippen LogP contribution in [0.4, 0.5) is 32.4 Å². The molecular weight excluding hydrogens is 603 g/mol. The first kappa shape index (κ1) is 33.0. The van der Waals surface area contributed by atoms with E-state index in [1.54, 1.807) is 24.3 Å². The van der Waals surface area contributed by atoms with E-state index in [2.05, 4.69) is 20.1 Å². The van der Waals surface area contributed by atoms with Gasteiger partial charge >= 0.3 is 18.4 Å². The fourth-order valence-corrected chi connectivity index (χ4v) is 4.42. The second-order valence-electron chi connectivity index (χ2n) is 9.33. The lowest BCUT2D eigenvalue weighted by Crippen LogP contribution is -2.61. The molecule has 0 unspecified atom stereocenters. The largest absolute Gasteiger partial charge is 0.499 e. The van der Waals surface area contributed by atoms with Gasteiger partial charge in [0, 0.05) is 39.7 Å². The maximum atomic E-state index is 13.1. The van der Waals surface area contributed by atoms with E-state index in [1.165, 1.54) is 51.6 Å². The molecule has 0 aliphatic carbocycles. The van der Waals surface area contributed by atoms with Crippen molar-refractivity contribution in [3.63, 3.8) is 0 Å². The average Bonchev–Trinajstić information content (AvgIpc) is 3.47. The summed E-state index contributed by atoms with van der Waals surface area (Å²) in [6.45, 7) is 0.155. The minimum Gasteiger partial charge on any atom is -0.426 e. The van der Waals surface area contributed by atoms with Crippen LogP contribution in [0.25, 0.3) is 17.1 Å². The number of carbonyl (C=O) groups excluding carboxylic acids is 1. The highest BCUT2D eigenvalue weighted by atomic mass is 19.4. The monoisotopic (exact) mass is 632 g/mol. The number of methoxy groups -OCH3 is 4. The molecule has 1 fully saturated rings. The Morgan fingerprint density at radius 2 is 1.55 bits per heavy atom. The van der Waals surface area contributed by atoms with Crippen LogP contribution in [0.3, 0.4) is 0 Å². The summed E-state index contributed by atoms with van der Waals surface area (Å²) in [5.74, 6) is -0.414. The minimum absolute atomic E-state index is 0.155. The number of halogens is 5. The lowest BCUT2D eigenvalue weighted by atomic mass is 9.98. The topological polar surface area (TPSA) is 124 Å². The van der Waals surface area contributed by atoms with E-state index in [9.17, 15) is 26.7 Å². The Morgan fingerprint density at radius 3 is 2.11 bits per heavy atom. The number of amides is 1. The Labute approximate surface area is 247 Å². The van der Waals surface area contributed by atoms with Gasteiger partial charge in [-0.3, -0.25) is 5.32 Å². The lowest BCUT2D eigenvalue weighted by Gasteiger charge is -2.43. The van der Waals surface area contributed by atoms with Gasteiger partial charge in [0.05, 0.1) is 12.3 Å². The van der Waals surface area contributed by atoms with Gasteiger partial charge in [0.25, 0.3) is 0 Å². The number of nitrogens with zero attached hydrogens (tertiary/aromatic N) is 3. The molecule has 2 aromatic carbocycles. The molecule has 44 heavy (non-hydrogen) atoms. The molecule has 1 saturated heterocycles. The van der Waals surface area contributed by atoms with Crippen molar-refractivity contribution in [2.75, 3.05) is 40.4 Å². The maximum Gasteiger partial charge on any atom is 0.499 e. The molecule has 1 aliphatic rings. The van der Waals surface area contributed by atoms with Crippen LogP contribution in [0.5, 0.6) is 5.75 Å². The van der Waals surface area contributed by atoms with Crippen LogP contribution in [0.15, 0.2) is 54.9 Å². The minimum atomic E-state index is -5.86. The zero-order valence-corrected chi connectivity index (χ0v) is 23.8. The number of benzene rings is 2. The van der Waals surface area contributed by atoms with Gasteiger partial charge in [0.15, 0.2) is 5.82 Å². The first-order valence-electron chi connectivity index (χ1n) is 12.9. The van der Waals surface area contributed by atoms with Gasteiger partial charge in [0.2, 0.25) is 6.29 Å². The van der Waals surface area contributed by atoms with Crippen LogP contribution >= 0.6 is 0 Å². The van der Waals surface area contributed by atoms with E-state index < -0.39 is 54.8 Å². The molecule has 5 atom stereocenters. The molecule has 0 radical (unpaired) electrons. The molecule has 0 bridgehead atoms. The zero-order chi connectivity index (χ0) is 32.1. The molecular formula is C27H29F5N4O8. The van der Waals surface area contributed by atoms with Crippen molar-refractivity contribution in [1.29, 1.82) is 0 Å². The Bertz CT molecular complexity index is 1370. The molecule has 17 heteroatoms. The number of carbonyl (C=O) groups is 1. The summed E-state index contributed by atoms with van der Waals surface area (Å²) in [6, 6.07) is 10.8. The highest BCUT2D eigenvalue weighted by Gasteiger charge is 2.61. The van der Waals surface area contributed by atoms with Crippen LogP contribution in [0.1, 0.15) is 0 Å². The number of rotatable bonds is 11. The quantitative estimate of drug-likeness (QED) is 0.304. The molecule has 0 saturated carbocycles. The number of nitrogens with one attached hydrogen (secondary N) is 1. The van der Waals surface area contributed by atoms with Crippen molar-refractivity contribution in [3.8, 4) is 22.8 Å². The third kappa shape index (κ3) is 7.41. The van der Waals surface area contributed by atoms with Crippen molar-refractivity contribution in [3.05, 3.63) is 54.9 Å². The van der Waals surface area contributed by atoms with Gasteiger partial charge < -0.3 is 33.2 Å². The number of alkyl halides is 5. The number of hydrogen-bond donors (Lipinski definition) is 1. The summed E-state index contributed by atoms with van der Waals surface area (Å²) < 4.78 is 102. The van der Waals surface area contributed by atoms with Gasteiger partial charge in [-0.05, 0) is 48.5 Å². The number of hydrogen-bond acceptors (Lipinski definition) is 10. The van der Waals surface area contributed by atoms with E-state index >= 15 is 0 Å². The van der Waals surface area contributed by atoms with Crippen LogP contribution in [0.2, 0.25) is 0 Å². The fraction of sp³-hybridized carbons (Fsp3) is 0.444. The maximum absolute atomic E-state index is 13.1. The standard InChI is InChI=1S/C27H29F5N4O8/c1-38-13-19-20(39-2)21(40-3)22(41-4)24(42-19)43-25(37)34-16-7-5-15(6-8-16)23-33-14-36(35-23)17-9-11-18(12-10-17)44-27(31,32)26(28,29)30/h5-12,14,19-22,24H,13H2,1-4H3,(H,34,37)/t19-,20-,21+,22-,24-/m0/s1. The molecule has 12 nitrogen and oxygen atoms in total. The van der Waals surface area contributed by atoms with E-state index in [4.69, 9.17) is 28.4 Å². The summed E-state index contributed by atoms with van der Waals surface area (Å²) in [5, 5.41) is 6.89. The van der Waals surface area contributed by atoms with Crippen molar-refractivity contribution >= 4 is 11.8 Å². The Hall–Kier alpha value is -3.90. The highest BCUT2D eigenvalue weighted by Crippen LogP contribution is 2.37. The first-order valence-corrected chi connectivity index (χ1v) is 12.9. The van der Waals surface area contributed by atoms with E-state index in [1.807, 2.05) is 0 Å². The Balaban J connectivity index is 1.38. The third-order valence-corrected chi connectivity index (χ3v) is 6.52. The van der Waals surface area contributed by atoms with E-state index in [0.717, 1.165) is 12.1 Å². The van der Waals surface area contributed by atoms with Crippen LogP contribution in [-0.2, 0) is 28.4 Å². The van der Waals surface area contributed by atoms with Crippen LogP contribution in [-0.4, -0.2) is 98.9 Å². The molecule has 3 aromatic rings. The SMILES string of the molecule is COC[C@@H]1O[C@@H](OC(=O)Nc2ccc(-c3ncn(-c4ccc(OC(F)(F)C(F)(F)F)cc4)n3)cc2)[C@@H](OC)[C@H](OC)[C@H]1OC. The fourth-order valence-electron chi connectivity index (χ4n) is 4.42. The number of anilines is 1. The van der Waals surface area contributed by atoms with Crippen LogP contribution in [0, 0.1) is 0 Å². The van der Waals surface area contributed by atoms with Crippen molar-refractivity contribution in [2.45, 2.75) is 43.0 Å². The van der Waals surface area contributed by atoms with Gasteiger partial charge in [-0.1, -0.05) is 0 Å². The van der Waals surface area contributed by atoms with Gasteiger partial charge in [-0.2, -0.15) is 22.0 Å². The predicted octanol–water partition coefficient (Wildman–Crippen LogP) is 4.43. The van der Waals surface area contributed by atoms with E-state index in [0.29, 0.717) is 16.9 Å². The van der Waals surface area contributed by atoms with E-state index in [-0.39, 0.29) is 12.4 Å². The Kier molecular flexibility index (Phi) is 10.4. The van der Waals surface area contributed by atoms with Gasteiger partial charge in [-0.15, -0.1) is 5.10 Å².